The van der Waals surface area contributed by atoms with E-state index in [-0.39, 0.29) is 23.8 Å². The number of imidazole rings is 1. The van der Waals surface area contributed by atoms with Crippen LogP contribution in [-0.4, -0.2) is 36.6 Å². The van der Waals surface area contributed by atoms with Crippen LogP contribution in [0, 0.1) is 11.6 Å². The number of ether oxygens (including phenoxy) is 2. The second-order valence-electron chi connectivity index (χ2n) is 6.34. The maximum atomic E-state index is 14.6. The van der Waals surface area contributed by atoms with Crippen molar-refractivity contribution >= 4 is 16.9 Å². The first-order valence-corrected chi connectivity index (χ1v) is 8.36. The Morgan fingerprint density at radius 1 is 1.07 bits per heavy atom. The van der Waals surface area contributed by atoms with Gasteiger partial charge in [0.2, 0.25) is 5.91 Å². The molecule has 0 radical (unpaired) electrons. The number of methoxy groups -OCH3 is 2. The third-order valence-electron chi connectivity index (χ3n) is 4.84. The van der Waals surface area contributed by atoms with Crippen LogP contribution in [0.25, 0.3) is 11.0 Å². The van der Waals surface area contributed by atoms with Crippen LogP contribution < -0.4 is 14.8 Å². The number of halogens is 2. The molecule has 0 aliphatic carbocycles. The van der Waals surface area contributed by atoms with Gasteiger partial charge in [0, 0.05) is 36.2 Å². The number of rotatable bonds is 4. The van der Waals surface area contributed by atoms with E-state index in [2.05, 4.69) is 15.3 Å². The fraction of sp³-hybridized carbons (Fsp3) is 0.263. The largest absolute Gasteiger partial charge is 0.497 e. The van der Waals surface area contributed by atoms with Crippen molar-refractivity contribution in [3.8, 4) is 11.5 Å². The summed E-state index contributed by atoms with van der Waals surface area (Å²) in [5, 5.41) is 2.68. The summed E-state index contributed by atoms with van der Waals surface area (Å²) in [6.07, 6.45) is 0. The highest BCUT2D eigenvalue weighted by Crippen LogP contribution is 2.39. The van der Waals surface area contributed by atoms with Crippen molar-refractivity contribution in [3.63, 3.8) is 0 Å². The molecule has 6 nitrogen and oxygen atoms in total. The van der Waals surface area contributed by atoms with Crippen LogP contribution in [-0.2, 0) is 4.79 Å². The van der Waals surface area contributed by atoms with Crippen LogP contribution in [0.5, 0.6) is 11.5 Å². The van der Waals surface area contributed by atoms with Crippen LogP contribution in [0.3, 0.4) is 0 Å². The van der Waals surface area contributed by atoms with Gasteiger partial charge in [-0.15, -0.1) is 0 Å². The lowest BCUT2D eigenvalue weighted by Gasteiger charge is -2.17. The lowest BCUT2D eigenvalue weighted by atomic mass is 9.87. The first-order chi connectivity index (χ1) is 13.0. The number of carbonyl (C=O) groups is 1. The van der Waals surface area contributed by atoms with E-state index >= 15 is 0 Å². The normalized spacial score (nSPS) is 19.3. The van der Waals surface area contributed by atoms with Gasteiger partial charge in [-0.3, -0.25) is 4.79 Å². The standard InChI is InChI=1S/C19H17F2N3O3/c1-26-9-3-4-14-15(7-9)24-18(23-14)17-11(8-22-19(17)25)16-12(20)5-10(27-2)6-13(16)21/h3-7,11,17H,8H2,1-2H3,(H,22,25)(H,23,24)/t11-,17+/m0/s1. The van der Waals surface area contributed by atoms with Crippen molar-refractivity contribution in [2.24, 2.45) is 0 Å². The number of hydrogen-bond acceptors (Lipinski definition) is 4. The number of fused-ring (bicyclic) bond motifs is 1. The highest BCUT2D eigenvalue weighted by Gasteiger charge is 2.41. The fourth-order valence-corrected chi connectivity index (χ4v) is 3.52. The average molecular weight is 373 g/mol. The molecule has 140 valence electrons. The molecule has 2 N–H and O–H groups in total. The summed E-state index contributed by atoms with van der Waals surface area (Å²) in [4.78, 5) is 20.0. The number of nitrogens with zero attached hydrogens (tertiary/aromatic N) is 1. The van der Waals surface area contributed by atoms with Crippen LogP contribution in [0.4, 0.5) is 8.78 Å². The Bertz CT molecular complexity index is 1010. The summed E-state index contributed by atoms with van der Waals surface area (Å²) >= 11 is 0. The third-order valence-corrected chi connectivity index (χ3v) is 4.84. The van der Waals surface area contributed by atoms with Gasteiger partial charge in [0.25, 0.3) is 0 Å². The molecule has 0 spiro atoms. The molecule has 2 atom stereocenters. The summed E-state index contributed by atoms with van der Waals surface area (Å²) in [5.74, 6) is -2.33. The lowest BCUT2D eigenvalue weighted by molar-refractivity contribution is -0.120. The van der Waals surface area contributed by atoms with Crippen LogP contribution in [0.2, 0.25) is 0 Å². The van der Waals surface area contributed by atoms with Crippen molar-refractivity contribution in [3.05, 3.63) is 53.4 Å². The summed E-state index contributed by atoms with van der Waals surface area (Å²) in [5.41, 5.74) is 1.16. The molecule has 8 heteroatoms. The Morgan fingerprint density at radius 2 is 1.78 bits per heavy atom. The quantitative estimate of drug-likeness (QED) is 0.737. The van der Waals surface area contributed by atoms with E-state index in [0.717, 1.165) is 12.1 Å². The molecule has 0 unspecified atom stereocenters. The number of benzene rings is 2. The van der Waals surface area contributed by atoms with E-state index in [1.807, 2.05) is 0 Å². The predicted molar refractivity (Wildman–Crippen MR) is 94.0 cm³/mol. The average Bonchev–Trinajstić information content (AvgIpc) is 3.23. The molecule has 1 fully saturated rings. The third kappa shape index (κ3) is 2.87. The molecular formula is C19H17F2N3O3. The Hall–Kier alpha value is -3.16. The highest BCUT2D eigenvalue weighted by molar-refractivity contribution is 5.88. The van der Waals surface area contributed by atoms with Gasteiger partial charge in [0.05, 0.1) is 25.3 Å². The second-order valence-corrected chi connectivity index (χ2v) is 6.34. The van der Waals surface area contributed by atoms with Crippen molar-refractivity contribution in [1.82, 2.24) is 15.3 Å². The minimum absolute atomic E-state index is 0.0819. The van der Waals surface area contributed by atoms with Gasteiger partial charge in [-0.1, -0.05) is 0 Å². The maximum absolute atomic E-state index is 14.6. The molecule has 1 aromatic heterocycles. The van der Waals surface area contributed by atoms with Crippen molar-refractivity contribution in [2.45, 2.75) is 11.8 Å². The molecule has 3 aromatic rings. The van der Waals surface area contributed by atoms with E-state index in [1.54, 1.807) is 25.3 Å². The monoisotopic (exact) mass is 373 g/mol. The van der Waals surface area contributed by atoms with Gasteiger partial charge in [-0.25, -0.2) is 13.8 Å². The smallest absolute Gasteiger partial charge is 0.231 e. The summed E-state index contributed by atoms with van der Waals surface area (Å²) in [6.45, 7) is 0.115. The Kier molecular flexibility index (Phi) is 4.18. The molecule has 0 bridgehead atoms. The van der Waals surface area contributed by atoms with Gasteiger partial charge < -0.3 is 19.8 Å². The predicted octanol–water partition coefficient (Wildman–Crippen LogP) is 2.86. The van der Waals surface area contributed by atoms with Gasteiger partial charge in [-0.05, 0) is 12.1 Å². The van der Waals surface area contributed by atoms with E-state index in [4.69, 9.17) is 9.47 Å². The number of hydrogen-bond donors (Lipinski definition) is 2. The molecule has 0 saturated carbocycles. The van der Waals surface area contributed by atoms with Crippen LogP contribution in [0.15, 0.2) is 30.3 Å². The number of aromatic nitrogens is 2. The second kappa shape index (κ2) is 6.53. The molecule has 4 rings (SSSR count). The summed E-state index contributed by atoms with van der Waals surface area (Å²) in [7, 11) is 2.88. The molecule has 1 saturated heterocycles. The Balaban J connectivity index is 1.79. The highest BCUT2D eigenvalue weighted by atomic mass is 19.1. The molecule has 1 aliphatic heterocycles. The topological polar surface area (TPSA) is 76.2 Å². The first kappa shape index (κ1) is 17.3. The molecular weight excluding hydrogens is 356 g/mol. The van der Waals surface area contributed by atoms with Gasteiger partial charge >= 0.3 is 0 Å². The fourth-order valence-electron chi connectivity index (χ4n) is 3.52. The first-order valence-electron chi connectivity index (χ1n) is 8.36. The molecule has 1 aliphatic rings. The van der Waals surface area contributed by atoms with Crippen molar-refractivity contribution in [1.29, 1.82) is 0 Å². The molecule has 1 amide bonds. The Labute approximate surface area is 153 Å². The van der Waals surface area contributed by atoms with E-state index in [9.17, 15) is 13.6 Å². The van der Waals surface area contributed by atoms with Gasteiger partial charge in [0.1, 0.15) is 34.9 Å². The molecule has 2 heterocycles. The molecule has 27 heavy (non-hydrogen) atoms. The number of carbonyl (C=O) groups excluding carboxylic acids is 1. The Morgan fingerprint density at radius 3 is 2.44 bits per heavy atom. The van der Waals surface area contributed by atoms with E-state index in [1.165, 1.54) is 7.11 Å². The number of H-pyrrole nitrogens is 1. The summed E-state index contributed by atoms with van der Waals surface area (Å²) < 4.78 is 39.2. The minimum atomic E-state index is -0.833. The van der Waals surface area contributed by atoms with Crippen LogP contribution in [0.1, 0.15) is 23.2 Å². The SMILES string of the molecule is COc1cc(F)c([C@@H]2CNC(=O)[C@H]2c2nc3ccc(OC)cc3[nH]2)c(F)c1. The maximum Gasteiger partial charge on any atom is 0.231 e. The zero-order chi connectivity index (χ0) is 19.1. The number of aromatic amines is 1. The van der Waals surface area contributed by atoms with Crippen molar-refractivity contribution < 1.29 is 23.0 Å². The number of amides is 1. The van der Waals surface area contributed by atoms with E-state index in [0.29, 0.717) is 22.6 Å². The lowest BCUT2D eigenvalue weighted by Crippen LogP contribution is -2.19. The van der Waals surface area contributed by atoms with Crippen LogP contribution >= 0.6 is 0 Å². The van der Waals surface area contributed by atoms with Gasteiger partial charge in [0.15, 0.2) is 0 Å². The summed E-state index contributed by atoms with van der Waals surface area (Å²) in [6, 6.07) is 7.48. The van der Waals surface area contributed by atoms with Crippen molar-refractivity contribution in [2.75, 3.05) is 20.8 Å². The zero-order valence-corrected chi connectivity index (χ0v) is 14.7. The number of nitrogens with one attached hydrogen (secondary N) is 2. The zero-order valence-electron chi connectivity index (χ0n) is 14.7. The van der Waals surface area contributed by atoms with Gasteiger partial charge in [-0.2, -0.15) is 0 Å². The van der Waals surface area contributed by atoms with E-state index < -0.39 is 23.5 Å². The minimum Gasteiger partial charge on any atom is -0.497 e. The molecule has 2 aromatic carbocycles.